The number of pyridine rings is 1. The summed E-state index contributed by atoms with van der Waals surface area (Å²) in [4.78, 5) is 28.8. The number of rotatable bonds is 4. The summed E-state index contributed by atoms with van der Waals surface area (Å²) in [6.45, 7) is 4.96. The minimum atomic E-state index is -0.586. The molecule has 7 nitrogen and oxygen atoms in total. The van der Waals surface area contributed by atoms with Crippen molar-refractivity contribution in [2.75, 3.05) is 18.4 Å². The smallest absolute Gasteiger partial charge is 0.320 e. The number of hydrazine groups is 1. The number of anilines is 1. The number of amides is 3. The molecule has 0 unspecified atom stereocenters. The van der Waals surface area contributed by atoms with E-state index < -0.39 is 6.04 Å². The first-order chi connectivity index (χ1) is 10.5. The number of aromatic nitrogens is 1. The van der Waals surface area contributed by atoms with Crippen LogP contribution in [-0.2, 0) is 4.79 Å². The van der Waals surface area contributed by atoms with Crippen molar-refractivity contribution in [3.05, 3.63) is 24.5 Å². The van der Waals surface area contributed by atoms with Gasteiger partial charge in [0.25, 0.3) is 5.91 Å². The molecule has 1 fully saturated rings. The Morgan fingerprint density at radius 2 is 2.14 bits per heavy atom. The summed E-state index contributed by atoms with van der Waals surface area (Å²) < 4.78 is 0. The third kappa shape index (κ3) is 3.54. The van der Waals surface area contributed by atoms with Crippen LogP contribution in [0.1, 0.15) is 26.7 Å². The fourth-order valence-corrected chi connectivity index (χ4v) is 2.35. The Kier molecular flexibility index (Phi) is 5.32. The summed E-state index contributed by atoms with van der Waals surface area (Å²) in [6.07, 6.45) is 4.76. The number of hydrogen-bond acceptors (Lipinski definition) is 4. The van der Waals surface area contributed by atoms with Crippen molar-refractivity contribution in [2.45, 2.75) is 32.7 Å². The first kappa shape index (κ1) is 16.2. The third-order valence-corrected chi connectivity index (χ3v) is 3.98. The second kappa shape index (κ2) is 7.22. The SMILES string of the molecule is CC[C@H](C)[C@H](N)C(=O)N1CCCN1C(=O)Nc1cccnc1. The largest absolute Gasteiger partial charge is 0.340 e. The number of hydrogen-bond donors (Lipinski definition) is 2. The molecule has 120 valence electrons. The molecule has 1 saturated heterocycles. The molecule has 3 amide bonds. The quantitative estimate of drug-likeness (QED) is 0.880. The molecule has 0 aromatic carbocycles. The van der Waals surface area contributed by atoms with Crippen LogP contribution in [-0.4, -0.2) is 46.1 Å². The molecule has 1 aromatic heterocycles. The molecule has 1 aliphatic rings. The minimum Gasteiger partial charge on any atom is -0.320 e. The molecule has 0 spiro atoms. The van der Waals surface area contributed by atoms with Crippen molar-refractivity contribution in [1.82, 2.24) is 15.0 Å². The van der Waals surface area contributed by atoms with Crippen molar-refractivity contribution in [3.8, 4) is 0 Å². The van der Waals surface area contributed by atoms with Crippen molar-refractivity contribution in [3.63, 3.8) is 0 Å². The Bertz CT molecular complexity index is 522. The first-order valence-corrected chi connectivity index (χ1v) is 7.60. The fraction of sp³-hybridized carbons (Fsp3) is 0.533. The van der Waals surface area contributed by atoms with E-state index in [1.807, 2.05) is 13.8 Å². The van der Waals surface area contributed by atoms with E-state index in [9.17, 15) is 9.59 Å². The van der Waals surface area contributed by atoms with Crippen LogP contribution in [0.15, 0.2) is 24.5 Å². The molecule has 2 rings (SSSR count). The molecule has 3 N–H and O–H groups in total. The van der Waals surface area contributed by atoms with E-state index in [4.69, 9.17) is 5.73 Å². The lowest BCUT2D eigenvalue weighted by Crippen LogP contribution is -2.53. The second-order valence-electron chi connectivity index (χ2n) is 5.52. The van der Waals surface area contributed by atoms with Gasteiger partial charge in [0.15, 0.2) is 0 Å². The van der Waals surface area contributed by atoms with Crippen LogP contribution < -0.4 is 11.1 Å². The zero-order chi connectivity index (χ0) is 16.1. The molecule has 1 aliphatic heterocycles. The van der Waals surface area contributed by atoms with Crippen LogP contribution in [0.5, 0.6) is 0 Å². The van der Waals surface area contributed by atoms with E-state index in [1.165, 1.54) is 10.0 Å². The summed E-state index contributed by atoms with van der Waals surface area (Å²) >= 11 is 0. The predicted molar refractivity (Wildman–Crippen MR) is 83.7 cm³/mol. The average molecular weight is 305 g/mol. The monoisotopic (exact) mass is 305 g/mol. The molecule has 0 bridgehead atoms. The molecule has 0 aliphatic carbocycles. The van der Waals surface area contributed by atoms with E-state index in [1.54, 1.807) is 24.5 Å². The number of nitrogens with one attached hydrogen (secondary N) is 1. The third-order valence-electron chi connectivity index (χ3n) is 3.98. The van der Waals surface area contributed by atoms with E-state index in [-0.39, 0.29) is 17.9 Å². The van der Waals surface area contributed by atoms with Crippen LogP contribution in [0.4, 0.5) is 10.5 Å². The number of nitrogens with two attached hydrogens (primary N) is 1. The first-order valence-electron chi connectivity index (χ1n) is 7.60. The summed E-state index contributed by atoms with van der Waals surface area (Å²) in [5.41, 5.74) is 6.60. The fourth-order valence-electron chi connectivity index (χ4n) is 2.35. The Morgan fingerprint density at radius 3 is 2.77 bits per heavy atom. The van der Waals surface area contributed by atoms with Crippen LogP contribution in [0, 0.1) is 5.92 Å². The normalized spacial score (nSPS) is 17.2. The van der Waals surface area contributed by atoms with Crippen molar-refractivity contribution < 1.29 is 9.59 Å². The lowest BCUT2D eigenvalue weighted by atomic mass is 9.99. The maximum absolute atomic E-state index is 12.5. The Labute approximate surface area is 130 Å². The highest BCUT2D eigenvalue weighted by Crippen LogP contribution is 2.17. The average Bonchev–Trinajstić information content (AvgIpc) is 3.03. The van der Waals surface area contributed by atoms with Crippen LogP contribution in [0.25, 0.3) is 0 Å². The summed E-state index contributed by atoms with van der Waals surface area (Å²) in [6, 6.07) is 2.56. The standard InChI is InChI=1S/C15H23N5O2/c1-3-11(2)13(16)14(21)19-8-5-9-20(19)15(22)18-12-6-4-7-17-10-12/h4,6-7,10-11,13H,3,5,8-9,16H2,1-2H3,(H,18,22)/t11-,13-/m0/s1. The maximum atomic E-state index is 12.5. The van der Waals surface area contributed by atoms with Gasteiger partial charge in [0.1, 0.15) is 0 Å². The van der Waals surface area contributed by atoms with E-state index in [0.29, 0.717) is 18.8 Å². The second-order valence-corrected chi connectivity index (χ2v) is 5.52. The zero-order valence-electron chi connectivity index (χ0n) is 13.0. The van der Waals surface area contributed by atoms with Gasteiger partial charge in [-0.25, -0.2) is 14.8 Å². The van der Waals surface area contributed by atoms with Crippen molar-refractivity contribution >= 4 is 17.6 Å². The Morgan fingerprint density at radius 1 is 1.41 bits per heavy atom. The molecule has 1 aromatic rings. The number of urea groups is 1. The molecule has 2 atom stereocenters. The van der Waals surface area contributed by atoms with Gasteiger partial charge < -0.3 is 11.1 Å². The van der Waals surface area contributed by atoms with Gasteiger partial charge in [-0.15, -0.1) is 0 Å². The molecule has 0 saturated carbocycles. The van der Waals surface area contributed by atoms with Gasteiger partial charge in [-0.05, 0) is 24.5 Å². The molecule has 0 radical (unpaired) electrons. The molecular formula is C15H23N5O2. The summed E-state index contributed by atoms with van der Waals surface area (Å²) in [7, 11) is 0. The van der Waals surface area contributed by atoms with Crippen molar-refractivity contribution in [1.29, 1.82) is 0 Å². The Balaban J connectivity index is 2.03. The number of carbonyl (C=O) groups excluding carboxylic acids is 2. The van der Waals surface area contributed by atoms with Gasteiger partial charge in [0.05, 0.1) is 17.9 Å². The van der Waals surface area contributed by atoms with Crippen LogP contribution >= 0.6 is 0 Å². The van der Waals surface area contributed by atoms with Crippen molar-refractivity contribution in [2.24, 2.45) is 11.7 Å². The minimum absolute atomic E-state index is 0.0799. The van der Waals surface area contributed by atoms with Crippen LogP contribution in [0.2, 0.25) is 0 Å². The van der Waals surface area contributed by atoms with Gasteiger partial charge in [-0.3, -0.25) is 9.78 Å². The molecular weight excluding hydrogens is 282 g/mol. The summed E-state index contributed by atoms with van der Waals surface area (Å²) in [5, 5.41) is 5.63. The zero-order valence-corrected chi connectivity index (χ0v) is 13.0. The molecule has 2 heterocycles. The number of carbonyl (C=O) groups is 2. The highest BCUT2D eigenvalue weighted by Gasteiger charge is 2.34. The van der Waals surface area contributed by atoms with E-state index in [2.05, 4.69) is 10.3 Å². The topological polar surface area (TPSA) is 91.6 Å². The predicted octanol–water partition coefficient (Wildman–Crippen LogP) is 1.44. The lowest BCUT2D eigenvalue weighted by Gasteiger charge is -2.31. The van der Waals surface area contributed by atoms with Gasteiger partial charge in [-0.1, -0.05) is 20.3 Å². The highest BCUT2D eigenvalue weighted by molar-refractivity contribution is 5.92. The van der Waals surface area contributed by atoms with Gasteiger partial charge in [0.2, 0.25) is 0 Å². The van der Waals surface area contributed by atoms with Crippen LogP contribution in [0.3, 0.4) is 0 Å². The Hall–Kier alpha value is -2.15. The molecule has 22 heavy (non-hydrogen) atoms. The maximum Gasteiger partial charge on any atom is 0.340 e. The van der Waals surface area contributed by atoms with Gasteiger partial charge >= 0.3 is 6.03 Å². The van der Waals surface area contributed by atoms with E-state index in [0.717, 1.165) is 12.8 Å². The molecule has 7 heteroatoms. The lowest BCUT2D eigenvalue weighted by molar-refractivity contribution is -0.142. The highest BCUT2D eigenvalue weighted by atomic mass is 16.2. The van der Waals surface area contributed by atoms with E-state index >= 15 is 0 Å². The van der Waals surface area contributed by atoms with Gasteiger partial charge in [-0.2, -0.15) is 0 Å². The number of nitrogens with zero attached hydrogens (tertiary/aromatic N) is 3. The van der Waals surface area contributed by atoms with Gasteiger partial charge in [0, 0.05) is 19.3 Å². The summed E-state index contributed by atoms with van der Waals surface area (Å²) in [5.74, 6) is -0.121.